The molecule has 0 spiro atoms. The number of unbranched alkanes of at least 4 members (excludes halogenated alkanes) is 2. The first-order valence-corrected chi connectivity index (χ1v) is 6.24. The molecule has 0 aliphatic carbocycles. The van der Waals surface area contributed by atoms with E-state index < -0.39 is 5.92 Å². The first-order valence-electron chi connectivity index (χ1n) is 5.86. The van der Waals surface area contributed by atoms with Gasteiger partial charge in [0, 0.05) is 11.4 Å². The maximum Gasteiger partial charge on any atom is 0.154 e. The Hall–Kier alpha value is -1.33. The highest BCUT2D eigenvalue weighted by molar-refractivity contribution is 6.30. The van der Waals surface area contributed by atoms with Crippen LogP contribution in [0.2, 0.25) is 5.02 Å². The molecule has 0 aliphatic heterocycles. The van der Waals surface area contributed by atoms with Crippen molar-refractivity contribution in [2.45, 2.75) is 38.5 Å². The van der Waals surface area contributed by atoms with Gasteiger partial charge in [-0.25, -0.2) is 0 Å². The summed E-state index contributed by atoms with van der Waals surface area (Å²) in [6.07, 6.45) is 3.45. The van der Waals surface area contributed by atoms with Gasteiger partial charge in [-0.3, -0.25) is 4.79 Å². The number of Topliss-reactive ketones (excluding diaryl/α,β-unsaturated/α-hetero) is 1. The van der Waals surface area contributed by atoms with Gasteiger partial charge in [0.25, 0.3) is 0 Å². The zero-order chi connectivity index (χ0) is 12.7. The van der Waals surface area contributed by atoms with Crippen LogP contribution in [0.1, 0.15) is 44.1 Å². The second kappa shape index (κ2) is 7.09. The number of rotatable bonds is 6. The van der Waals surface area contributed by atoms with Gasteiger partial charge in [0.2, 0.25) is 0 Å². The Balaban J connectivity index is 2.68. The first kappa shape index (κ1) is 13.7. The van der Waals surface area contributed by atoms with Crippen LogP contribution in [0.15, 0.2) is 24.3 Å². The lowest BCUT2D eigenvalue weighted by molar-refractivity contribution is -0.119. The summed E-state index contributed by atoms with van der Waals surface area (Å²) in [4.78, 5) is 11.9. The predicted octanol–water partition coefficient (Wildman–Crippen LogP) is 4.10. The van der Waals surface area contributed by atoms with E-state index in [1.54, 1.807) is 24.3 Å². The van der Waals surface area contributed by atoms with Crippen molar-refractivity contribution in [3.8, 4) is 6.07 Å². The number of hydrogen-bond acceptors (Lipinski definition) is 2. The number of carbonyl (C=O) groups is 1. The number of hydrogen-bond donors (Lipinski definition) is 0. The van der Waals surface area contributed by atoms with Gasteiger partial charge in [0.15, 0.2) is 5.78 Å². The van der Waals surface area contributed by atoms with E-state index in [2.05, 4.69) is 13.0 Å². The van der Waals surface area contributed by atoms with Crippen LogP contribution in [0.5, 0.6) is 0 Å². The van der Waals surface area contributed by atoms with Gasteiger partial charge >= 0.3 is 0 Å². The van der Waals surface area contributed by atoms with E-state index in [4.69, 9.17) is 16.9 Å². The minimum Gasteiger partial charge on any atom is -0.298 e. The number of ketones is 1. The predicted molar refractivity (Wildman–Crippen MR) is 69.0 cm³/mol. The summed E-state index contributed by atoms with van der Waals surface area (Å²) in [5.74, 6) is -0.646. The molecule has 1 aromatic carbocycles. The van der Waals surface area contributed by atoms with Crippen LogP contribution in [0, 0.1) is 11.3 Å². The molecule has 0 N–H and O–H groups in total. The van der Waals surface area contributed by atoms with Crippen LogP contribution >= 0.6 is 11.6 Å². The van der Waals surface area contributed by atoms with E-state index in [9.17, 15) is 4.79 Å². The van der Waals surface area contributed by atoms with Crippen molar-refractivity contribution in [3.63, 3.8) is 0 Å². The van der Waals surface area contributed by atoms with Crippen LogP contribution in [-0.2, 0) is 4.79 Å². The lowest BCUT2D eigenvalue weighted by Crippen LogP contribution is -2.10. The van der Waals surface area contributed by atoms with Crippen LogP contribution in [0.3, 0.4) is 0 Å². The molecule has 0 heterocycles. The topological polar surface area (TPSA) is 40.9 Å². The molecular formula is C14H16ClNO. The van der Waals surface area contributed by atoms with Gasteiger partial charge in [0.05, 0.1) is 6.07 Å². The number of benzene rings is 1. The third-order valence-electron chi connectivity index (χ3n) is 2.68. The molecule has 0 aliphatic rings. The lowest BCUT2D eigenvalue weighted by Gasteiger charge is -2.08. The summed E-state index contributed by atoms with van der Waals surface area (Å²) in [5.41, 5.74) is 0.735. The fourth-order valence-corrected chi connectivity index (χ4v) is 1.81. The van der Waals surface area contributed by atoms with Crippen LogP contribution in [-0.4, -0.2) is 5.78 Å². The van der Waals surface area contributed by atoms with Crippen molar-refractivity contribution < 1.29 is 4.79 Å². The molecule has 0 saturated carbocycles. The summed E-state index contributed by atoms with van der Waals surface area (Å²) in [5, 5.41) is 9.69. The Bertz CT molecular complexity index is 405. The monoisotopic (exact) mass is 249 g/mol. The number of nitrogens with zero attached hydrogens (tertiary/aromatic N) is 1. The molecule has 2 nitrogen and oxygen atoms in total. The summed E-state index contributed by atoms with van der Waals surface area (Å²) >= 11 is 5.77. The zero-order valence-corrected chi connectivity index (χ0v) is 10.7. The number of nitriles is 1. The Labute approximate surface area is 107 Å². The van der Waals surface area contributed by atoms with E-state index in [-0.39, 0.29) is 5.78 Å². The van der Waals surface area contributed by atoms with Crippen LogP contribution in [0.4, 0.5) is 0 Å². The van der Waals surface area contributed by atoms with Crippen LogP contribution < -0.4 is 0 Å². The minimum atomic E-state index is -0.649. The summed E-state index contributed by atoms with van der Waals surface area (Å²) in [6.45, 7) is 2.09. The van der Waals surface area contributed by atoms with Gasteiger partial charge in [-0.15, -0.1) is 0 Å². The van der Waals surface area contributed by atoms with Crippen molar-refractivity contribution in [3.05, 3.63) is 34.9 Å². The first-order chi connectivity index (χ1) is 8.19. The van der Waals surface area contributed by atoms with Crippen molar-refractivity contribution in [1.82, 2.24) is 0 Å². The third kappa shape index (κ3) is 4.20. The van der Waals surface area contributed by atoms with E-state index >= 15 is 0 Å². The fraction of sp³-hybridized carbons (Fsp3) is 0.429. The van der Waals surface area contributed by atoms with Crippen molar-refractivity contribution in [2.75, 3.05) is 0 Å². The second-order valence-electron chi connectivity index (χ2n) is 4.04. The Morgan fingerprint density at radius 2 is 2.00 bits per heavy atom. The van der Waals surface area contributed by atoms with Gasteiger partial charge < -0.3 is 0 Å². The highest BCUT2D eigenvalue weighted by Crippen LogP contribution is 2.21. The molecule has 3 heteroatoms. The van der Waals surface area contributed by atoms with E-state index in [1.165, 1.54) is 0 Å². The van der Waals surface area contributed by atoms with Crippen LogP contribution in [0.25, 0.3) is 0 Å². The minimum absolute atomic E-state index is 0.00303. The largest absolute Gasteiger partial charge is 0.298 e. The molecule has 17 heavy (non-hydrogen) atoms. The molecule has 1 rings (SSSR count). The standard InChI is InChI=1S/C14H16ClNO/c1-2-3-4-5-14(17)13(10-16)11-6-8-12(15)9-7-11/h6-9,13H,2-5H2,1H3. The molecule has 0 aromatic heterocycles. The van der Waals surface area contributed by atoms with Crippen molar-refractivity contribution >= 4 is 17.4 Å². The Kier molecular flexibility index (Phi) is 5.72. The molecule has 0 amide bonds. The Morgan fingerprint density at radius 3 is 2.53 bits per heavy atom. The highest BCUT2D eigenvalue weighted by atomic mass is 35.5. The maximum atomic E-state index is 11.9. The fourth-order valence-electron chi connectivity index (χ4n) is 1.68. The zero-order valence-electron chi connectivity index (χ0n) is 9.95. The van der Waals surface area contributed by atoms with Gasteiger partial charge in [-0.05, 0) is 24.1 Å². The SMILES string of the molecule is CCCCCC(=O)C(C#N)c1ccc(Cl)cc1. The third-order valence-corrected chi connectivity index (χ3v) is 2.93. The average Bonchev–Trinajstić information content (AvgIpc) is 2.33. The smallest absolute Gasteiger partial charge is 0.154 e. The summed E-state index contributed by atoms with van der Waals surface area (Å²) < 4.78 is 0. The van der Waals surface area contributed by atoms with Gasteiger partial charge in [-0.1, -0.05) is 43.5 Å². The highest BCUT2D eigenvalue weighted by Gasteiger charge is 2.19. The molecule has 1 atom stereocenters. The van der Waals surface area contributed by atoms with E-state index in [0.717, 1.165) is 24.8 Å². The summed E-state index contributed by atoms with van der Waals surface area (Å²) in [6, 6.07) is 8.98. The van der Waals surface area contributed by atoms with Gasteiger partial charge in [-0.2, -0.15) is 5.26 Å². The van der Waals surface area contributed by atoms with E-state index in [1.807, 2.05) is 0 Å². The lowest BCUT2D eigenvalue weighted by atomic mass is 9.93. The number of halogens is 1. The normalized spacial score (nSPS) is 11.8. The average molecular weight is 250 g/mol. The molecule has 0 saturated heterocycles. The molecule has 90 valence electrons. The quantitative estimate of drug-likeness (QED) is 0.713. The summed E-state index contributed by atoms with van der Waals surface area (Å²) in [7, 11) is 0. The van der Waals surface area contributed by atoms with Crippen molar-refractivity contribution in [1.29, 1.82) is 5.26 Å². The van der Waals surface area contributed by atoms with E-state index in [0.29, 0.717) is 11.4 Å². The van der Waals surface area contributed by atoms with Gasteiger partial charge in [0.1, 0.15) is 5.92 Å². The maximum absolute atomic E-state index is 11.9. The second-order valence-corrected chi connectivity index (χ2v) is 4.47. The molecule has 0 fully saturated rings. The van der Waals surface area contributed by atoms with Crippen molar-refractivity contribution in [2.24, 2.45) is 0 Å². The molecule has 0 bridgehead atoms. The number of carbonyl (C=O) groups excluding carboxylic acids is 1. The molecular weight excluding hydrogens is 234 g/mol. The Morgan fingerprint density at radius 1 is 1.35 bits per heavy atom. The molecule has 1 unspecified atom stereocenters. The molecule has 1 aromatic rings. The molecule has 0 radical (unpaired) electrons.